The molecule has 2 N–H and O–H groups in total. The molecule has 1 aromatic heterocycles. The quantitative estimate of drug-likeness (QED) is 0.901. The maximum atomic E-state index is 12.3. The van der Waals surface area contributed by atoms with Gasteiger partial charge in [0.1, 0.15) is 12.2 Å². The van der Waals surface area contributed by atoms with Crippen molar-refractivity contribution in [2.75, 3.05) is 0 Å². The zero-order valence-electron chi connectivity index (χ0n) is 10.4. The molecule has 0 aliphatic heterocycles. The van der Waals surface area contributed by atoms with Gasteiger partial charge in [0.2, 0.25) is 10.0 Å². The minimum atomic E-state index is -3.66. The number of hydrogen-bond acceptors (Lipinski definition) is 4. The second-order valence-corrected chi connectivity index (χ2v) is 6.17. The molecule has 1 atom stereocenters. The highest BCUT2D eigenvalue weighted by Gasteiger charge is 2.22. The molecule has 0 spiro atoms. The van der Waals surface area contributed by atoms with Crippen LogP contribution in [0.15, 0.2) is 29.4 Å². The van der Waals surface area contributed by atoms with Gasteiger partial charge in [-0.05, 0) is 31.5 Å². The van der Waals surface area contributed by atoms with E-state index in [1.165, 1.54) is 12.4 Å². The summed E-state index contributed by atoms with van der Waals surface area (Å²) < 4.78 is 27.1. The molecule has 102 valence electrons. The van der Waals surface area contributed by atoms with Crippen LogP contribution in [0.2, 0.25) is 5.02 Å². The second-order valence-electron chi connectivity index (χ2n) is 4.08. The van der Waals surface area contributed by atoms with Gasteiger partial charge in [-0.1, -0.05) is 17.7 Å². The van der Waals surface area contributed by atoms with E-state index >= 15 is 0 Å². The molecule has 19 heavy (non-hydrogen) atoms. The highest BCUT2D eigenvalue weighted by molar-refractivity contribution is 7.89. The number of nitrogens with one attached hydrogen (secondary N) is 2. The van der Waals surface area contributed by atoms with Crippen molar-refractivity contribution < 1.29 is 8.42 Å². The lowest BCUT2D eigenvalue weighted by atomic mass is 10.2. The molecule has 0 saturated carbocycles. The van der Waals surface area contributed by atoms with Crippen molar-refractivity contribution in [1.29, 1.82) is 0 Å². The minimum Gasteiger partial charge on any atom is -0.262 e. The smallest absolute Gasteiger partial charge is 0.241 e. The number of benzene rings is 1. The summed E-state index contributed by atoms with van der Waals surface area (Å²) in [5.41, 5.74) is 0.515. The van der Waals surface area contributed by atoms with Crippen molar-refractivity contribution in [3.8, 4) is 0 Å². The number of halogens is 1. The van der Waals surface area contributed by atoms with E-state index in [1.54, 1.807) is 26.0 Å². The Labute approximate surface area is 116 Å². The molecule has 0 amide bonds. The number of hydrogen-bond donors (Lipinski definition) is 2. The minimum absolute atomic E-state index is 0.159. The van der Waals surface area contributed by atoms with E-state index in [2.05, 4.69) is 19.9 Å². The molecule has 8 heteroatoms. The SMILES string of the molecule is Cc1c(Cl)cccc1S(=O)(=O)NC(C)c1ncn[nH]1. The van der Waals surface area contributed by atoms with Crippen LogP contribution in [0.5, 0.6) is 0 Å². The Morgan fingerprint density at radius 3 is 2.79 bits per heavy atom. The molecule has 0 aliphatic carbocycles. The van der Waals surface area contributed by atoms with Crippen LogP contribution in [0.3, 0.4) is 0 Å². The zero-order chi connectivity index (χ0) is 14.0. The van der Waals surface area contributed by atoms with E-state index in [-0.39, 0.29) is 4.90 Å². The highest BCUT2D eigenvalue weighted by Crippen LogP contribution is 2.23. The predicted octanol–water partition coefficient (Wildman–Crippen LogP) is 1.81. The average Bonchev–Trinajstić information content (AvgIpc) is 2.85. The number of aromatic nitrogens is 3. The Morgan fingerprint density at radius 1 is 1.42 bits per heavy atom. The third-order valence-corrected chi connectivity index (χ3v) is 4.78. The van der Waals surface area contributed by atoms with Crippen LogP contribution in [0, 0.1) is 6.92 Å². The first-order chi connectivity index (χ1) is 8.92. The van der Waals surface area contributed by atoms with E-state index in [0.29, 0.717) is 16.4 Å². The lowest BCUT2D eigenvalue weighted by molar-refractivity contribution is 0.559. The van der Waals surface area contributed by atoms with Gasteiger partial charge in [-0.25, -0.2) is 18.1 Å². The summed E-state index contributed by atoms with van der Waals surface area (Å²) in [7, 11) is -3.66. The Hall–Kier alpha value is -1.44. The lowest BCUT2D eigenvalue weighted by Crippen LogP contribution is -2.28. The van der Waals surface area contributed by atoms with Crippen LogP contribution in [-0.4, -0.2) is 23.6 Å². The largest absolute Gasteiger partial charge is 0.262 e. The van der Waals surface area contributed by atoms with Gasteiger partial charge in [0.05, 0.1) is 10.9 Å². The fraction of sp³-hybridized carbons (Fsp3) is 0.273. The molecule has 0 bridgehead atoms. The summed E-state index contributed by atoms with van der Waals surface area (Å²) in [6.07, 6.45) is 1.32. The van der Waals surface area contributed by atoms with Crippen LogP contribution in [0.4, 0.5) is 0 Å². The van der Waals surface area contributed by atoms with Crippen LogP contribution in [0.1, 0.15) is 24.4 Å². The second kappa shape index (κ2) is 5.28. The molecule has 2 rings (SSSR count). The highest BCUT2D eigenvalue weighted by atomic mass is 35.5. The van der Waals surface area contributed by atoms with E-state index in [4.69, 9.17) is 11.6 Å². The Kier molecular flexibility index (Phi) is 3.88. The first-order valence-corrected chi connectivity index (χ1v) is 7.40. The number of nitrogens with zero attached hydrogens (tertiary/aromatic N) is 2. The van der Waals surface area contributed by atoms with Gasteiger partial charge in [0.15, 0.2) is 0 Å². The number of sulfonamides is 1. The Bertz CT molecular complexity index is 670. The maximum absolute atomic E-state index is 12.3. The molecule has 1 unspecified atom stereocenters. The lowest BCUT2D eigenvalue weighted by Gasteiger charge is -2.13. The van der Waals surface area contributed by atoms with Crippen molar-refractivity contribution in [1.82, 2.24) is 19.9 Å². The third-order valence-electron chi connectivity index (χ3n) is 2.68. The number of rotatable bonds is 4. The number of aromatic amines is 1. The van der Waals surface area contributed by atoms with Gasteiger partial charge in [-0.2, -0.15) is 5.10 Å². The Balaban J connectivity index is 2.31. The molecular formula is C11H13ClN4O2S. The molecule has 0 fully saturated rings. The third kappa shape index (κ3) is 2.94. The first kappa shape index (κ1) is 14.0. The van der Waals surface area contributed by atoms with E-state index in [1.807, 2.05) is 0 Å². The summed E-state index contributed by atoms with van der Waals surface area (Å²) in [4.78, 5) is 4.07. The summed E-state index contributed by atoms with van der Waals surface area (Å²) in [5.74, 6) is 0.447. The maximum Gasteiger partial charge on any atom is 0.241 e. The molecule has 1 heterocycles. The molecular weight excluding hydrogens is 288 g/mol. The summed E-state index contributed by atoms with van der Waals surface area (Å²) in [5, 5.41) is 6.72. The molecule has 1 aromatic carbocycles. The monoisotopic (exact) mass is 300 g/mol. The van der Waals surface area contributed by atoms with Gasteiger partial charge in [0, 0.05) is 5.02 Å². The van der Waals surface area contributed by atoms with Gasteiger partial charge < -0.3 is 0 Å². The van der Waals surface area contributed by atoms with Crippen molar-refractivity contribution in [3.05, 3.63) is 40.9 Å². The van der Waals surface area contributed by atoms with Gasteiger partial charge in [0.25, 0.3) is 0 Å². The standard InChI is InChI=1S/C11H13ClN4O2S/c1-7-9(12)4-3-5-10(7)19(17,18)16-8(2)11-13-6-14-15-11/h3-6,8,16H,1-2H3,(H,13,14,15). The van der Waals surface area contributed by atoms with Crippen molar-refractivity contribution in [2.24, 2.45) is 0 Å². The van der Waals surface area contributed by atoms with Gasteiger partial charge in [-0.3, -0.25) is 5.10 Å². The molecule has 2 aromatic rings. The fourth-order valence-corrected chi connectivity index (χ4v) is 3.36. The topological polar surface area (TPSA) is 87.7 Å². The molecule has 0 radical (unpaired) electrons. The average molecular weight is 301 g/mol. The molecule has 0 saturated heterocycles. The van der Waals surface area contributed by atoms with Crippen molar-refractivity contribution in [3.63, 3.8) is 0 Å². The van der Waals surface area contributed by atoms with Gasteiger partial charge >= 0.3 is 0 Å². The molecule has 6 nitrogen and oxygen atoms in total. The predicted molar refractivity (Wildman–Crippen MR) is 71.3 cm³/mol. The number of H-pyrrole nitrogens is 1. The fourth-order valence-electron chi connectivity index (χ4n) is 1.65. The van der Waals surface area contributed by atoms with Crippen LogP contribution >= 0.6 is 11.6 Å². The van der Waals surface area contributed by atoms with Crippen molar-refractivity contribution >= 4 is 21.6 Å². The summed E-state index contributed by atoms with van der Waals surface area (Å²) in [6.45, 7) is 3.34. The molecule has 0 aliphatic rings. The van der Waals surface area contributed by atoms with E-state index in [0.717, 1.165) is 0 Å². The van der Waals surface area contributed by atoms with Crippen molar-refractivity contribution in [2.45, 2.75) is 24.8 Å². The van der Waals surface area contributed by atoms with Crippen LogP contribution in [-0.2, 0) is 10.0 Å². The normalized spacial score (nSPS) is 13.4. The van der Waals surface area contributed by atoms with Gasteiger partial charge in [-0.15, -0.1) is 0 Å². The van der Waals surface area contributed by atoms with Crippen LogP contribution < -0.4 is 4.72 Å². The van der Waals surface area contributed by atoms with E-state index in [9.17, 15) is 8.42 Å². The Morgan fingerprint density at radius 2 is 2.16 bits per heavy atom. The first-order valence-electron chi connectivity index (χ1n) is 5.54. The summed E-state index contributed by atoms with van der Waals surface area (Å²) in [6, 6.07) is 4.25. The zero-order valence-corrected chi connectivity index (χ0v) is 12.0. The van der Waals surface area contributed by atoms with Crippen LogP contribution in [0.25, 0.3) is 0 Å². The van der Waals surface area contributed by atoms with E-state index < -0.39 is 16.1 Å². The summed E-state index contributed by atoms with van der Waals surface area (Å²) >= 11 is 5.94.